The summed E-state index contributed by atoms with van der Waals surface area (Å²) in [5.41, 5.74) is -0.342. The molecular weight excluding hydrogens is 352 g/mol. The van der Waals surface area contributed by atoms with Gasteiger partial charge >= 0.3 is 5.97 Å². The van der Waals surface area contributed by atoms with Crippen molar-refractivity contribution in [2.75, 3.05) is 12.4 Å². The minimum Gasteiger partial charge on any atom is -0.465 e. The van der Waals surface area contributed by atoms with E-state index in [4.69, 9.17) is 17.4 Å². The van der Waals surface area contributed by atoms with E-state index in [1.807, 2.05) is 13.8 Å². The second kappa shape index (κ2) is 19.2. The van der Waals surface area contributed by atoms with E-state index in [9.17, 15) is 4.79 Å². The second-order valence-corrected chi connectivity index (χ2v) is 9.19. The quantitative estimate of drug-likeness (QED) is 0.152. The molecule has 0 aliphatic carbocycles. The molecule has 0 fully saturated rings. The highest BCUT2D eigenvalue weighted by Gasteiger charge is 2.28. The van der Waals surface area contributed by atoms with Gasteiger partial charge in [0.15, 0.2) is 0 Å². The minimum absolute atomic E-state index is 0.0402. The summed E-state index contributed by atoms with van der Waals surface area (Å²) in [6, 6.07) is 0. The van der Waals surface area contributed by atoms with E-state index in [0.29, 0.717) is 6.61 Å². The summed E-state index contributed by atoms with van der Waals surface area (Å²) in [5, 5.41) is 0. The first-order valence-corrected chi connectivity index (χ1v) is 12.4. The van der Waals surface area contributed by atoms with Crippen LogP contribution in [0.4, 0.5) is 0 Å². The van der Waals surface area contributed by atoms with Gasteiger partial charge in [0.25, 0.3) is 0 Å². The third-order valence-corrected chi connectivity index (χ3v) is 5.77. The van der Waals surface area contributed by atoms with Gasteiger partial charge in [-0.15, -0.1) is 0 Å². The van der Waals surface area contributed by atoms with Crippen LogP contribution in [0.5, 0.6) is 0 Å². The molecule has 0 saturated heterocycles. The number of carbonyl (C=O) groups excluding carboxylic acids is 1. The Kier molecular flexibility index (Phi) is 19.0. The Bertz CT molecular complexity index is 328. The first-order chi connectivity index (χ1) is 13.0. The molecule has 3 heteroatoms. The van der Waals surface area contributed by atoms with Crippen molar-refractivity contribution in [3.05, 3.63) is 0 Å². The zero-order valence-electron chi connectivity index (χ0n) is 18.7. The van der Waals surface area contributed by atoms with Gasteiger partial charge in [0, 0.05) is 5.75 Å². The molecule has 0 atom stereocenters. The van der Waals surface area contributed by atoms with Crippen molar-refractivity contribution >= 4 is 18.6 Å². The lowest BCUT2D eigenvalue weighted by atomic mass is 9.87. The summed E-state index contributed by atoms with van der Waals surface area (Å²) in [4.78, 5) is 12.1. The average molecular weight is 400 g/mol. The number of rotatable bonds is 20. The molecule has 0 amide bonds. The molecular formula is C24H47O2S. The van der Waals surface area contributed by atoms with Crippen LogP contribution in [0.15, 0.2) is 0 Å². The molecule has 0 spiro atoms. The van der Waals surface area contributed by atoms with E-state index in [1.165, 1.54) is 83.5 Å². The Morgan fingerprint density at radius 3 is 1.59 bits per heavy atom. The van der Waals surface area contributed by atoms with Gasteiger partial charge in [0.05, 0.1) is 12.0 Å². The Morgan fingerprint density at radius 1 is 0.704 bits per heavy atom. The second-order valence-electron chi connectivity index (χ2n) is 8.78. The van der Waals surface area contributed by atoms with Gasteiger partial charge in [-0.1, -0.05) is 109 Å². The standard InChI is InChI=1S/C24H47O2S/c1-4-5-6-7-8-9-10-11-12-13-14-15-16-17-20-24(2,3)23(25)26-21-18-19-22-27/h4-22H2,1-3H3. The van der Waals surface area contributed by atoms with Crippen LogP contribution < -0.4 is 0 Å². The van der Waals surface area contributed by atoms with Crippen molar-refractivity contribution in [3.63, 3.8) is 0 Å². The fourth-order valence-electron chi connectivity index (χ4n) is 3.43. The maximum atomic E-state index is 12.1. The largest absolute Gasteiger partial charge is 0.465 e. The van der Waals surface area contributed by atoms with E-state index in [0.717, 1.165) is 31.4 Å². The maximum absolute atomic E-state index is 12.1. The third kappa shape index (κ3) is 17.6. The lowest BCUT2D eigenvalue weighted by Gasteiger charge is -2.22. The number of hydrogen-bond acceptors (Lipinski definition) is 2. The van der Waals surface area contributed by atoms with Crippen LogP contribution in [-0.2, 0) is 9.53 Å². The lowest BCUT2D eigenvalue weighted by molar-refractivity contribution is -0.154. The van der Waals surface area contributed by atoms with Gasteiger partial charge in [-0.3, -0.25) is 4.79 Å². The van der Waals surface area contributed by atoms with Gasteiger partial charge in [0.2, 0.25) is 0 Å². The first kappa shape index (κ1) is 26.8. The Hall–Kier alpha value is -0.180. The van der Waals surface area contributed by atoms with Gasteiger partial charge in [-0.25, -0.2) is 0 Å². The maximum Gasteiger partial charge on any atom is 0.311 e. The third-order valence-electron chi connectivity index (χ3n) is 5.48. The summed E-state index contributed by atoms with van der Waals surface area (Å²) in [7, 11) is 0. The van der Waals surface area contributed by atoms with Crippen molar-refractivity contribution < 1.29 is 9.53 Å². The van der Waals surface area contributed by atoms with Gasteiger partial charge in [-0.05, 0) is 33.1 Å². The normalized spacial score (nSPS) is 11.7. The lowest BCUT2D eigenvalue weighted by Crippen LogP contribution is -2.27. The molecule has 161 valence electrons. The van der Waals surface area contributed by atoms with Crippen LogP contribution in [0.2, 0.25) is 0 Å². The molecule has 0 aliphatic rings. The van der Waals surface area contributed by atoms with E-state index < -0.39 is 0 Å². The predicted octanol–water partition coefficient (Wildman–Crippen LogP) is 8.40. The molecule has 0 aliphatic heterocycles. The zero-order valence-corrected chi connectivity index (χ0v) is 19.5. The highest BCUT2D eigenvalue weighted by molar-refractivity contribution is 7.80. The molecule has 0 N–H and O–H groups in total. The Morgan fingerprint density at radius 2 is 1.15 bits per heavy atom. The van der Waals surface area contributed by atoms with Gasteiger partial charge in [-0.2, -0.15) is 0 Å². The number of hydrogen-bond donors (Lipinski definition) is 0. The molecule has 27 heavy (non-hydrogen) atoms. The van der Waals surface area contributed by atoms with Crippen molar-refractivity contribution in [1.82, 2.24) is 0 Å². The smallest absolute Gasteiger partial charge is 0.311 e. The minimum atomic E-state index is -0.342. The van der Waals surface area contributed by atoms with E-state index in [2.05, 4.69) is 6.92 Å². The number of unbranched alkanes of at least 4 members (excludes halogenated alkanes) is 14. The topological polar surface area (TPSA) is 26.3 Å². The highest BCUT2D eigenvalue weighted by atomic mass is 32.1. The van der Waals surface area contributed by atoms with E-state index >= 15 is 0 Å². The molecule has 0 heterocycles. The van der Waals surface area contributed by atoms with Crippen molar-refractivity contribution in [1.29, 1.82) is 0 Å². The monoisotopic (exact) mass is 399 g/mol. The van der Waals surface area contributed by atoms with Crippen LogP contribution in [0.1, 0.15) is 130 Å². The summed E-state index contributed by atoms with van der Waals surface area (Å²) in [6.45, 7) is 6.84. The average Bonchev–Trinajstić information content (AvgIpc) is 2.65. The number of carbonyl (C=O) groups is 1. The summed E-state index contributed by atoms with van der Waals surface area (Å²) in [6.07, 6.45) is 21.9. The molecule has 1 radical (unpaired) electrons. The Balaban J connectivity index is 3.40. The summed E-state index contributed by atoms with van der Waals surface area (Å²) in [5.74, 6) is 0.710. The molecule has 0 aromatic heterocycles. The van der Waals surface area contributed by atoms with Gasteiger partial charge in [0.1, 0.15) is 0 Å². The molecule has 0 unspecified atom stereocenters. The predicted molar refractivity (Wildman–Crippen MR) is 121 cm³/mol. The molecule has 0 aromatic carbocycles. The van der Waals surface area contributed by atoms with Crippen molar-refractivity contribution in [2.45, 2.75) is 130 Å². The van der Waals surface area contributed by atoms with E-state index in [1.54, 1.807) is 0 Å². The van der Waals surface area contributed by atoms with Crippen molar-refractivity contribution in [3.8, 4) is 0 Å². The number of esters is 1. The van der Waals surface area contributed by atoms with Crippen LogP contribution in [-0.4, -0.2) is 18.3 Å². The first-order valence-electron chi connectivity index (χ1n) is 11.8. The zero-order chi connectivity index (χ0) is 20.2. The van der Waals surface area contributed by atoms with Crippen molar-refractivity contribution in [2.24, 2.45) is 5.41 Å². The Labute approximate surface area is 176 Å². The van der Waals surface area contributed by atoms with Gasteiger partial charge < -0.3 is 4.74 Å². The molecule has 0 aromatic rings. The molecule has 0 saturated carbocycles. The SMILES string of the molecule is CCCCCCCCCCCCCCCCC(C)(C)C(=O)OCCCC[S]. The highest BCUT2D eigenvalue weighted by Crippen LogP contribution is 2.26. The fourth-order valence-corrected chi connectivity index (χ4v) is 3.63. The molecule has 2 nitrogen and oxygen atoms in total. The van der Waals surface area contributed by atoms with Crippen LogP contribution in [0, 0.1) is 5.41 Å². The van der Waals surface area contributed by atoms with Crippen LogP contribution in [0.25, 0.3) is 0 Å². The van der Waals surface area contributed by atoms with E-state index in [-0.39, 0.29) is 11.4 Å². The molecule has 0 bridgehead atoms. The summed E-state index contributed by atoms with van der Waals surface area (Å²) < 4.78 is 5.39. The number of ether oxygens (including phenoxy) is 1. The van der Waals surface area contributed by atoms with Crippen LogP contribution >= 0.6 is 12.6 Å². The molecule has 0 rings (SSSR count). The summed E-state index contributed by atoms with van der Waals surface area (Å²) >= 11 is 4.91. The van der Waals surface area contributed by atoms with Crippen LogP contribution in [0.3, 0.4) is 0 Å². The fraction of sp³-hybridized carbons (Fsp3) is 0.958.